The van der Waals surface area contributed by atoms with Crippen LogP contribution in [-0.4, -0.2) is 32.0 Å². The summed E-state index contributed by atoms with van der Waals surface area (Å²) in [5.41, 5.74) is 0. The summed E-state index contributed by atoms with van der Waals surface area (Å²) >= 11 is 0. The lowest BCUT2D eigenvalue weighted by Crippen LogP contribution is -2.20. The van der Waals surface area contributed by atoms with Crippen molar-refractivity contribution in [2.75, 3.05) is 25.7 Å². The molecule has 0 spiro atoms. The minimum Gasteiger partial charge on any atom is -0.355 e. The molecule has 0 bridgehead atoms. The van der Waals surface area contributed by atoms with E-state index in [9.17, 15) is 0 Å². The molecule has 0 aromatic carbocycles. The Morgan fingerprint density at radius 1 is 1.23 bits per heavy atom. The van der Waals surface area contributed by atoms with Gasteiger partial charge in [0.05, 0.1) is 5.75 Å². The third kappa shape index (κ3) is 6.86. The highest BCUT2D eigenvalue weighted by Crippen LogP contribution is 2.59. The van der Waals surface area contributed by atoms with Gasteiger partial charge in [0.25, 0.3) is 0 Å². The predicted molar refractivity (Wildman–Crippen MR) is 61.7 cm³/mol. The molecule has 0 heterocycles. The summed E-state index contributed by atoms with van der Waals surface area (Å²) in [7, 11) is 13.9. The number of unbranched alkanes of at least 4 members (excludes halogenated alkanes) is 1. The van der Waals surface area contributed by atoms with Gasteiger partial charge in [0.2, 0.25) is 0 Å². The average Bonchev–Trinajstić information content (AvgIpc) is 2.11. The average molecular weight is 249 g/mol. The predicted octanol–water partition coefficient (Wildman–Crippen LogP) is 3.52. The second-order valence-corrected chi connectivity index (χ2v) is 8.98. The number of hydrogen-bond donors (Lipinski definition) is 0. The fourth-order valence-electron chi connectivity index (χ4n) is 0.870. The van der Waals surface area contributed by atoms with Crippen LogP contribution in [0.2, 0.25) is 0 Å². The molecule has 0 aromatic rings. The fourth-order valence-corrected chi connectivity index (χ4v) is 3.69. The quantitative estimate of drug-likeness (QED) is 0.643. The highest BCUT2D eigenvalue weighted by atomic mass is 36.0. The molecule has 0 aliphatic carbocycles. The van der Waals surface area contributed by atoms with Crippen LogP contribution >= 0.6 is 29.8 Å². The molecular formula is C8H18Cl2O2S. The highest BCUT2D eigenvalue weighted by molar-refractivity contribution is 8.65. The lowest BCUT2D eigenvalue weighted by atomic mass is 10.4. The van der Waals surface area contributed by atoms with Crippen molar-refractivity contribution in [2.24, 2.45) is 0 Å². The molecule has 0 aliphatic heterocycles. The van der Waals surface area contributed by atoms with Crippen LogP contribution < -0.4 is 0 Å². The van der Waals surface area contributed by atoms with Crippen molar-refractivity contribution < 1.29 is 9.47 Å². The van der Waals surface area contributed by atoms with Crippen molar-refractivity contribution in [1.29, 1.82) is 0 Å². The second kappa shape index (κ2) is 7.18. The van der Waals surface area contributed by atoms with E-state index < -0.39 is 8.46 Å². The Hall–Kier alpha value is 0.850. The minimum atomic E-state index is -1.57. The first-order chi connectivity index (χ1) is 6.05. The first-order valence-electron chi connectivity index (χ1n) is 4.29. The van der Waals surface area contributed by atoms with Crippen LogP contribution in [0, 0.1) is 0 Å². The van der Waals surface area contributed by atoms with Gasteiger partial charge in [0, 0.05) is 20.0 Å². The molecule has 0 fully saturated rings. The number of halogens is 2. The molecule has 2 nitrogen and oxygen atoms in total. The molecule has 0 saturated carbocycles. The normalized spacial score (nSPS) is 13.7. The molecule has 0 rings (SSSR count). The largest absolute Gasteiger partial charge is 0.355 e. The van der Waals surface area contributed by atoms with E-state index in [-0.39, 0.29) is 6.29 Å². The van der Waals surface area contributed by atoms with Crippen LogP contribution in [0.3, 0.4) is 0 Å². The summed E-state index contributed by atoms with van der Waals surface area (Å²) in [6, 6.07) is 0. The zero-order valence-electron chi connectivity index (χ0n) is 8.39. The first-order valence-corrected chi connectivity index (χ1v) is 7.91. The SMILES string of the molecule is CCCCS(Cl)(Cl)CC(OC)OC. The van der Waals surface area contributed by atoms with Crippen molar-refractivity contribution in [3.05, 3.63) is 0 Å². The van der Waals surface area contributed by atoms with Gasteiger partial charge in [0.15, 0.2) is 6.29 Å². The summed E-state index contributed by atoms with van der Waals surface area (Å²) in [6.45, 7) is 2.12. The summed E-state index contributed by atoms with van der Waals surface area (Å²) in [6.07, 6.45) is 1.89. The standard InChI is InChI=1S/C8H18Cl2O2S/c1-4-5-6-13(9,10)7-8(11-2)12-3/h8H,4-7H2,1-3H3. The Balaban J connectivity index is 3.83. The Bertz CT molecular complexity index is 129. The van der Waals surface area contributed by atoms with Crippen LogP contribution in [0.5, 0.6) is 0 Å². The first kappa shape index (κ1) is 13.8. The molecule has 0 saturated heterocycles. The van der Waals surface area contributed by atoms with Gasteiger partial charge in [-0.2, -0.15) is 0 Å². The lowest BCUT2D eigenvalue weighted by Gasteiger charge is -2.28. The van der Waals surface area contributed by atoms with Crippen LogP contribution in [-0.2, 0) is 9.47 Å². The Morgan fingerprint density at radius 3 is 2.15 bits per heavy atom. The summed E-state index contributed by atoms with van der Waals surface area (Å²) in [5.74, 6) is 1.44. The van der Waals surface area contributed by atoms with Gasteiger partial charge in [0.1, 0.15) is 0 Å². The molecule has 13 heavy (non-hydrogen) atoms. The van der Waals surface area contributed by atoms with Crippen molar-refractivity contribution in [3.8, 4) is 0 Å². The van der Waals surface area contributed by atoms with Crippen LogP contribution in [0.1, 0.15) is 19.8 Å². The van der Waals surface area contributed by atoms with Crippen molar-refractivity contribution >= 4 is 29.8 Å². The molecule has 5 heteroatoms. The minimum absolute atomic E-state index is 0.276. The van der Waals surface area contributed by atoms with E-state index in [1.807, 2.05) is 0 Å². The Morgan fingerprint density at radius 2 is 1.77 bits per heavy atom. The van der Waals surface area contributed by atoms with Crippen LogP contribution in [0.4, 0.5) is 0 Å². The Kier molecular flexibility index (Phi) is 7.65. The van der Waals surface area contributed by atoms with Crippen molar-refractivity contribution in [1.82, 2.24) is 0 Å². The summed E-state index contributed by atoms with van der Waals surface area (Å²) in [5, 5.41) is 0. The fraction of sp³-hybridized carbons (Fsp3) is 1.00. The molecule has 0 aromatic heterocycles. The number of ether oxygens (including phenoxy) is 2. The molecule has 0 atom stereocenters. The molecule has 0 unspecified atom stereocenters. The summed E-state index contributed by atoms with van der Waals surface area (Å²) in [4.78, 5) is 0. The molecule has 0 N–H and O–H groups in total. The number of rotatable bonds is 7. The van der Waals surface area contributed by atoms with Gasteiger partial charge in [-0.15, -0.1) is 0 Å². The van der Waals surface area contributed by atoms with E-state index in [4.69, 9.17) is 30.8 Å². The number of methoxy groups -OCH3 is 2. The lowest BCUT2D eigenvalue weighted by molar-refractivity contribution is -0.0844. The maximum Gasteiger partial charge on any atom is 0.166 e. The molecule has 0 radical (unpaired) electrons. The van der Waals surface area contributed by atoms with E-state index in [0.717, 1.165) is 18.6 Å². The topological polar surface area (TPSA) is 18.5 Å². The maximum atomic E-state index is 6.16. The van der Waals surface area contributed by atoms with Gasteiger partial charge in [-0.05, 0) is 6.42 Å². The van der Waals surface area contributed by atoms with E-state index >= 15 is 0 Å². The Labute approximate surface area is 91.2 Å². The zero-order chi connectivity index (χ0) is 10.3. The smallest absolute Gasteiger partial charge is 0.166 e. The number of hydrogen-bond acceptors (Lipinski definition) is 2. The second-order valence-electron chi connectivity index (χ2n) is 2.82. The highest BCUT2D eigenvalue weighted by Gasteiger charge is 2.22. The summed E-state index contributed by atoms with van der Waals surface area (Å²) < 4.78 is 10.1. The van der Waals surface area contributed by atoms with Crippen molar-refractivity contribution in [2.45, 2.75) is 26.1 Å². The maximum absolute atomic E-state index is 6.16. The third-order valence-electron chi connectivity index (χ3n) is 1.70. The molecule has 0 aliphatic rings. The van der Waals surface area contributed by atoms with E-state index in [0.29, 0.717) is 5.75 Å². The van der Waals surface area contributed by atoms with E-state index in [1.54, 1.807) is 14.2 Å². The van der Waals surface area contributed by atoms with E-state index in [1.165, 1.54) is 0 Å². The van der Waals surface area contributed by atoms with Gasteiger partial charge in [-0.1, -0.05) is 43.2 Å². The molecule has 82 valence electrons. The molecule has 0 amide bonds. The van der Waals surface area contributed by atoms with Crippen LogP contribution in [0.25, 0.3) is 0 Å². The van der Waals surface area contributed by atoms with Gasteiger partial charge < -0.3 is 9.47 Å². The van der Waals surface area contributed by atoms with Gasteiger partial charge in [-0.25, -0.2) is 0 Å². The zero-order valence-corrected chi connectivity index (χ0v) is 10.7. The van der Waals surface area contributed by atoms with Gasteiger partial charge >= 0.3 is 0 Å². The van der Waals surface area contributed by atoms with Gasteiger partial charge in [-0.3, -0.25) is 0 Å². The molecular weight excluding hydrogens is 231 g/mol. The van der Waals surface area contributed by atoms with Crippen LogP contribution in [0.15, 0.2) is 0 Å². The monoisotopic (exact) mass is 248 g/mol. The third-order valence-corrected chi connectivity index (χ3v) is 5.03. The van der Waals surface area contributed by atoms with Crippen molar-refractivity contribution in [3.63, 3.8) is 0 Å². The van der Waals surface area contributed by atoms with E-state index in [2.05, 4.69) is 6.92 Å².